The lowest BCUT2D eigenvalue weighted by atomic mass is 9.92. The summed E-state index contributed by atoms with van der Waals surface area (Å²) in [6, 6.07) is 24.6. The standard InChI is InChI=1S/C30H36Cl2N4/c1-34-21-28(14-9-23-5-10-25(31)11-6-23)36(22-29(34)20-24-7-12-26(32)13-8-24)27-15-18-35(19-16-27)30-4-2-3-17-33-30/h2-8,10-13,17,27-29H,9,14-16,18-22H2,1H3/t28-,29-/m0/s1. The van der Waals surface area contributed by atoms with Gasteiger partial charge in [0.2, 0.25) is 0 Å². The molecule has 0 radical (unpaired) electrons. The van der Waals surface area contributed by atoms with Gasteiger partial charge in [-0.3, -0.25) is 4.90 Å². The topological polar surface area (TPSA) is 22.6 Å². The number of piperidine rings is 1. The fourth-order valence-corrected chi connectivity index (χ4v) is 6.14. The number of pyridine rings is 1. The predicted octanol–water partition coefficient (Wildman–Crippen LogP) is 6.22. The third-order valence-electron chi connectivity index (χ3n) is 7.98. The van der Waals surface area contributed by atoms with Crippen molar-refractivity contribution in [3.63, 3.8) is 0 Å². The van der Waals surface area contributed by atoms with Crippen LogP contribution in [0.1, 0.15) is 30.4 Å². The van der Waals surface area contributed by atoms with Crippen LogP contribution in [0.15, 0.2) is 72.9 Å². The Labute approximate surface area is 225 Å². The van der Waals surface area contributed by atoms with E-state index in [-0.39, 0.29) is 0 Å². The summed E-state index contributed by atoms with van der Waals surface area (Å²) in [5.74, 6) is 1.11. The average Bonchev–Trinajstić information content (AvgIpc) is 2.91. The largest absolute Gasteiger partial charge is 0.357 e. The van der Waals surface area contributed by atoms with Crippen LogP contribution in [0.3, 0.4) is 0 Å². The van der Waals surface area contributed by atoms with E-state index in [1.807, 2.05) is 36.5 Å². The Morgan fingerprint density at radius 2 is 1.47 bits per heavy atom. The highest BCUT2D eigenvalue weighted by Gasteiger charge is 2.37. The number of benzene rings is 2. The van der Waals surface area contributed by atoms with Gasteiger partial charge in [-0.2, -0.15) is 0 Å². The summed E-state index contributed by atoms with van der Waals surface area (Å²) in [5, 5.41) is 1.61. The Hall–Kier alpha value is -2.11. The minimum atomic E-state index is 0.506. The van der Waals surface area contributed by atoms with Gasteiger partial charge in [-0.15, -0.1) is 0 Å². The Morgan fingerprint density at radius 1 is 0.806 bits per heavy atom. The Balaban J connectivity index is 1.28. The molecule has 2 fully saturated rings. The van der Waals surface area contributed by atoms with E-state index >= 15 is 0 Å². The van der Waals surface area contributed by atoms with Gasteiger partial charge in [-0.05, 0) is 86.7 Å². The number of rotatable bonds is 7. The molecule has 0 saturated carbocycles. The first-order valence-electron chi connectivity index (χ1n) is 13.2. The van der Waals surface area contributed by atoms with Crippen molar-refractivity contribution in [1.29, 1.82) is 0 Å². The number of aryl methyl sites for hydroxylation is 1. The fraction of sp³-hybridized carbons (Fsp3) is 0.433. The molecule has 2 saturated heterocycles. The van der Waals surface area contributed by atoms with E-state index in [9.17, 15) is 0 Å². The Kier molecular flexibility index (Phi) is 8.48. The fourth-order valence-electron chi connectivity index (χ4n) is 5.89. The maximum atomic E-state index is 6.14. The van der Waals surface area contributed by atoms with Gasteiger partial charge in [-0.25, -0.2) is 4.98 Å². The zero-order valence-corrected chi connectivity index (χ0v) is 22.6. The molecule has 3 heterocycles. The highest BCUT2D eigenvalue weighted by atomic mass is 35.5. The second-order valence-corrected chi connectivity index (χ2v) is 11.2. The van der Waals surface area contributed by atoms with Crippen molar-refractivity contribution in [2.24, 2.45) is 0 Å². The van der Waals surface area contributed by atoms with Crippen LogP contribution in [0.5, 0.6) is 0 Å². The van der Waals surface area contributed by atoms with Crippen LogP contribution < -0.4 is 4.90 Å². The van der Waals surface area contributed by atoms with E-state index in [2.05, 4.69) is 63.1 Å². The van der Waals surface area contributed by atoms with Crippen LogP contribution >= 0.6 is 23.2 Å². The number of hydrogen-bond acceptors (Lipinski definition) is 4. The van der Waals surface area contributed by atoms with Crippen molar-refractivity contribution in [2.45, 2.75) is 50.2 Å². The van der Waals surface area contributed by atoms with E-state index in [0.29, 0.717) is 18.1 Å². The second kappa shape index (κ2) is 12.0. The smallest absolute Gasteiger partial charge is 0.128 e. The maximum Gasteiger partial charge on any atom is 0.128 e. The molecule has 4 nitrogen and oxygen atoms in total. The molecule has 3 aromatic rings. The number of likely N-dealkylation sites (N-methyl/N-ethyl adjacent to an activating group) is 1. The summed E-state index contributed by atoms with van der Waals surface area (Å²) in [6.45, 7) is 4.35. The van der Waals surface area contributed by atoms with Gasteiger partial charge >= 0.3 is 0 Å². The van der Waals surface area contributed by atoms with Gasteiger partial charge in [0, 0.05) is 60.5 Å². The van der Waals surface area contributed by atoms with E-state index in [1.165, 1.54) is 30.4 Å². The molecule has 2 aliphatic heterocycles. The van der Waals surface area contributed by atoms with Crippen LogP contribution in [-0.4, -0.2) is 66.1 Å². The highest BCUT2D eigenvalue weighted by Crippen LogP contribution is 2.29. The van der Waals surface area contributed by atoms with Crippen molar-refractivity contribution in [3.05, 3.63) is 94.1 Å². The molecule has 2 aromatic carbocycles. The van der Waals surface area contributed by atoms with Crippen molar-refractivity contribution in [2.75, 3.05) is 38.1 Å². The number of hydrogen-bond donors (Lipinski definition) is 0. The molecule has 0 bridgehead atoms. The summed E-state index contributed by atoms with van der Waals surface area (Å²) < 4.78 is 0. The van der Waals surface area contributed by atoms with Crippen LogP contribution in [0.25, 0.3) is 0 Å². The average molecular weight is 524 g/mol. The number of anilines is 1. The van der Waals surface area contributed by atoms with E-state index in [1.54, 1.807) is 0 Å². The molecule has 6 heteroatoms. The molecule has 0 unspecified atom stereocenters. The highest BCUT2D eigenvalue weighted by molar-refractivity contribution is 6.30. The molecular formula is C30H36Cl2N4. The molecule has 190 valence electrons. The quantitative estimate of drug-likeness (QED) is 0.367. The summed E-state index contributed by atoms with van der Waals surface area (Å²) in [6.07, 6.45) is 7.58. The van der Waals surface area contributed by atoms with E-state index < -0.39 is 0 Å². The van der Waals surface area contributed by atoms with Crippen LogP contribution in [0, 0.1) is 0 Å². The van der Waals surface area contributed by atoms with Crippen molar-refractivity contribution in [1.82, 2.24) is 14.8 Å². The number of nitrogens with zero attached hydrogens (tertiary/aromatic N) is 4. The molecule has 0 N–H and O–H groups in total. The lowest BCUT2D eigenvalue weighted by Crippen LogP contribution is -2.61. The van der Waals surface area contributed by atoms with Crippen molar-refractivity contribution < 1.29 is 0 Å². The molecule has 2 atom stereocenters. The first-order valence-corrected chi connectivity index (χ1v) is 13.9. The number of halogens is 2. The zero-order chi connectivity index (χ0) is 24.9. The molecule has 5 rings (SSSR count). The van der Waals surface area contributed by atoms with Gasteiger partial charge < -0.3 is 9.80 Å². The molecule has 36 heavy (non-hydrogen) atoms. The second-order valence-electron chi connectivity index (χ2n) is 10.3. The molecule has 0 amide bonds. The third-order valence-corrected chi connectivity index (χ3v) is 8.49. The van der Waals surface area contributed by atoms with Gasteiger partial charge in [-0.1, -0.05) is 53.5 Å². The van der Waals surface area contributed by atoms with Crippen LogP contribution in [-0.2, 0) is 12.8 Å². The van der Waals surface area contributed by atoms with Crippen LogP contribution in [0.2, 0.25) is 10.0 Å². The summed E-state index contributed by atoms with van der Waals surface area (Å²) in [4.78, 5) is 12.5. The molecule has 0 spiro atoms. The van der Waals surface area contributed by atoms with Crippen LogP contribution in [0.4, 0.5) is 5.82 Å². The first-order chi connectivity index (χ1) is 17.5. The molecule has 2 aliphatic rings. The first kappa shape index (κ1) is 25.5. The predicted molar refractivity (Wildman–Crippen MR) is 151 cm³/mol. The zero-order valence-electron chi connectivity index (χ0n) is 21.1. The number of aromatic nitrogens is 1. The van der Waals surface area contributed by atoms with Crippen molar-refractivity contribution in [3.8, 4) is 0 Å². The lowest BCUT2D eigenvalue weighted by molar-refractivity contribution is 0.00403. The molecule has 1 aromatic heterocycles. The van der Waals surface area contributed by atoms with Gasteiger partial charge in [0.15, 0.2) is 0 Å². The van der Waals surface area contributed by atoms with Gasteiger partial charge in [0.05, 0.1) is 0 Å². The summed E-state index contributed by atoms with van der Waals surface area (Å²) in [5.41, 5.74) is 2.73. The summed E-state index contributed by atoms with van der Waals surface area (Å²) >= 11 is 12.3. The third kappa shape index (κ3) is 6.41. The molecular weight excluding hydrogens is 487 g/mol. The van der Waals surface area contributed by atoms with Gasteiger partial charge in [0.25, 0.3) is 0 Å². The van der Waals surface area contributed by atoms with Crippen molar-refractivity contribution >= 4 is 29.0 Å². The van der Waals surface area contributed by atoms with E-state index in [4.69, 9.17) is 23.2 Å². The maximum absolute atomic E-state index is 6.14. The van der Waals surface area contributed by atoms with Gasteiger partial charge in [0.1, 0.15) is 5.82 Å². The Bertz CT molecular complexity index is 1080. The monoisotopic (exact) mass is 522 g/mol. The molecule has 0 aliphatic carbocycles. The van der Waals surface area contributed by atoms with E-state index in [0.717, 1.165) is 54.9 Å². The normalized spacial score (nSPS) is 22.1. The lowest BCUT2D eigenvalue weighted by Gasteiger charge is -2.50. The minimum absolute atomic E-state index is 0.506. The number of piperazine rings is 1. The SMILES string of the molecule is CN1C[C@H](CCc2ccc(Cl)cc2)N(C2CCN(c3ccccn3)CC2)C[C@@H]1Cc1ccc(Cl)cc1. The minimum Gasteiger partial charge on any atom is -0.357 e. The summed E-state index contributed by atoms with van der Waals surface area (Å²) in [7, 11) is 2.30. The Morgan fingerprint density at radius 3 is 2.11 bits per heavy atom.